The SMILES string of the molecule is Fc1ccc(C2CCN2)cc1F. The van der Waals surface area contributed by atoms with Gasteiger partial charge in [0, 0.05) is 6.04 Å². The van der Waals surface area contributed by atoms with Crippen LogP contribution in [0.2, 0.25) is 0 Å². The largest absolute Gasteiger partial charge is 0.310 e. The predicted octanol–water partition coefficient (Wildman–Crippen LogP) is 2.00. The van der Waals surface area contributed by atoms with Gasteiger partial charge in [-0.05, 0) is 30.7 Å². The van der Waals surface area contributed by atoms with Crippen LogP contribution in [-0.2, 0) is 0 Å². The maximum absolute atomic E-state index is 12.7. The number of hydrogen-bond donors (Lipinski definition) is 1. The molecule has 1 unspecified atom stereocenters. The minimum absolute atomic E-state index is 0.222. The fourth-order valence-electron chi connectivity index (χ4n) is 1.30. The first-order valence-electron chi connectivity index (χ1n) is 3.96. The number of hydrogen-bond acceptors (Lipinski definition) is 1. The molecule has 1 heterocycles. The lowest BCUT2D eigenvalue weighted by atomic mass is 9.98. The first-order valence-corrected chi connectivity index (χ1v) is 3.96. The van der Waals surface area contributed by atoms with Gasteiger partial charge in [-0.15, -0.1) is 0 Å². The molecule has 1 nitrogen and oxygen atoms in total. The molecule has 0 aliphatic carbocycles. The fourth-order valence-corrected chi connectivity index (χ4v) is 1.30. The van der Waals surface area contributed by atoms with Crippen LogP contribution in [-0.4, -0.2) is 6.54 Å². The zero-order valence-electron chi connectivity index (χ0n) is 6.48. The normalized spacial score (nSPS) is 22.0. The highest BCUT2D eigenvalue weighted by atomic mass is 19.2. The lowest BCUT2D eigenvalue weighted by molar-refractivity contribution is 0.380. The Hall–Kier alpha value is -0.960. The van der Waals surface area contributed by atoms with Gasteiger partial charge in [0.25, 0.3) is 0 Å². The lowest BCUT2D eigenvalue weighted by Crippen LogP contribution is -2.34. The van der Waals surface area contributed by atoms with Crippen LogP contribution in [0.25, 0.3) is 0 Å². The molecule has 12 heavy (non-hydrogen) atoms. The highest BCUT2D eigenvalue weighted by Crippen LogP contribution is 2.23. The van der Waals surface area contributed by atoms with Gasteiger partial charge >= 0.3 is 0 Å². The van der Waals surface area contributed by atoms with E-state index in [9.17, 15) is 8.78 Å². The van der Waals surface area contributed by atoms with Gasteiger partial charge in [0.1, 0.15) is 0 Å². The number of halogens is 2. The summed E-state index contributed by atoms with van der Waals surface area (Å²) in [5.41, 5.74) is 0.833. The molecule has 1 fully saturated rings. The third kappa shape index (κ3) is 1.20. The average Bonchev–Trinajstić information content (AvgIpc) is 1.93. The minimum Gasteiger partial charge on any atom is -0.310 e. The molecule has 1 N–H and O–H groups in total. The second kappa shape index (κ2) is 2.83. The van der Waals surface area contributed by atoms with Crippen LogP contribution in [0, 0.1) is 11.6 Å². The van der Waals surface area contributed by atoms with Crippen molar-refractivity contribution in [2.75, 3.05) is 6.54 Å². The molecular weight excluding hydrogens is 160 g/mol. The molecule has 0 saturated carbocycles. The first kappa shape index (κ1) is 7.68. The van der Waals surface area contributed by atoms with Crippen molar-refractivity contribution < 1.29 is 8.78 Å². The molecule has 0 spiro atoms. The van der Waals surface area contributed by atoms with Crippen LogP contribution in [0.4, 0.5) is 8.78 Å². The number of benzene rings is 1. The second-order valence-corrected chi connectivity index (χ2v) is 2.97. The van der Waals surface area contributed by atoms with E-state index in [2.05, 4.69) is 5.32 Å². The molecule has 0 amide bonds. The topological polar surface area (TPSA) is 12.0 Å². The third-order valence-corrected chi connectivity index (χ3v) is 2.17. The summed E-state index contributed by atoms with van der Waals surface area (Å²) in [5, 5.41) is 3.12. The van der Waals surface area contributed by atoms with Crippen LogP contribution < -0.4 is 5.32 Å². The van der Waals surface area contributed by atoms with Crippen molar-refractivity contribution in [3.8, 4) is 0 Å². The molecule has 1 saturated heterocycles. The molecule has 0 aromatic heterocycles. The predicted molar refractivity (Wildman–Crippen MR) is 41.7 cm³/mol. The Labute approximate surface area is 69.4 Å². The van der Waals surface area contributed by atoms with E-state index in [-0.39, 0.29) is 6.04 Å². The van der Waals surface area contributed by atoms with Gasteiger partial charge in [-0.2, -0.15) is 0 Å². The summed E-state index contributed by atoms with van der Waals surface area (Å²) in [6.45, 7) is 0.962. The van der Waals surface area contributed by atoms with Gasteiger partial charge in [0.15, 0.2) is 11.6 Å². The average molecular weight is 169 g/mol. The summed E-state index contributed by atoms with van der Waals surface area (Å²) in [6.07, 6.45) is 1.01. The Morgan fingerprint density at radius 1 is 1.25 bits per heavy atom. The van der Waals surface area contributed by atoms with Gasteiger partial charge in [-0.1, -0.05) is 6.07 Å². The third-order valence-electron chi connectivity index (χ3n) is 2.17. The zero-order chi connectivity index (χ0) is 8.55. The summed E-state index contributed by atoms with van der Waals surface area (Å²) in [5.74, 6) is -1.54. The Kier molecular flexibility index (Phi) is 1.81. The fraction of sp³-hybridized carbons (Fsp3) is 0.333. The molecule has 0 bridgehead atoms. The van der Waals surface area contributed by atoms with Crippen LogP contribution in [0.15, 0.2) is 18.2 Å². The van der Waals surface area contributed by atoms with E-state index in [1.807, 2.05) is 0 Å². The smallest absolute Gasteiger partial charge is 0.159 e. The van der Waals surface area contributed by atoms with Crippen molar-refractivity contribution in [3.05, 3.63) is 35.4 Å². The molecule has 1 aliphatic heterocycles. The molecule has 1 aromatic carbocycles. The van der Waals surface area contributed by atoms with Crippen molar-refractivity contribution in [1.29, 1.82) is 0 Å². The van der Waals surface area contributed by atoms with Gasteiger partial charge in [-0.3, -0.25) is 0 Å². The molecule has 3 heteroatoms. The Morgan fingerprint density at radius 3 is 2.50 bits per heavy atom. The van der Waals surface area contributed by atoms with E-state index >= 15 is 0 Å². The highest BCUT2D eigenvalue weighted by Gasteiger charge is 2.19. The first-order chi connectivity index (χ1) is 5.77. The summed E-state index contributed by atoms with van der Waals surface area (Å²) in [4.78, 5) is 0. The van der Waals surface area contributed by atoms with Gasteiger partial charge in [0.05, 0.1) is 0 Å². The molecule has 1 atom stereocenters. The second-order valence-electron chi connectivity index (χ2n) is 2.97. The standard InChI is InChI=1S/C9H9F2N/c10-7-2-1-6(5-8(7)11)9-3-4-12-9/h1-2,5,9,12H,3-4H2. The summed E-state index contributed by atoms with van der Waals surface area (Å²) in [7, 11) is 0. The molecular formula is C9H9F2N. The van der Waals surface area contributed by atoms with Crippen molar-refractivity contribution in [2.24, 2.45) is 0 Å². The quantitative estimate of drug-likeness (QED) is 0.678. The van der Waals surface area contributed by atoms with Gasteiger partial charge in [0.2, 0.25) is 0 Å². The van der Waals surface area contributed by atoms with Gasteiger partial charge < -0.3 is 5.32 Å². The lowest BCUT2D eigenvalue weighted by Gasteiger charge is -2.27. The number of nitrogens with one attached hydrogen (secondary N) is 1. The highest BCUT2D eigenvalue weighted by molar-refractivity contribution is 5.22. The minimum atomic E-state index is -0.780. The Balaban J connectivity index is 2.27. The van der Waals surface area contributed by atoms with Crippen LogP contribution in [0.3, 0.4) is 0 Å². The van der Waals surface area contributed by atoms with E-state index in [0.717, 1.165) is 18.5 Å². The Morgan fingerprint density at radius 2 is 2.00 bits per heavy atom. The van der Waals surface area contributed by atoms with Crippen LogP contribution in [0.1, 0.15) is 18.0 Å². The molecule has 64 valence electrons. The van der Waals surface area contributed by atoms with Crippen LogP contribution in [0.5, 0.6) is 0 Å². The van der Waals surface area contributed by atoms with Crippen molar-refractivity contribution >= 4 is 0 Å². The summed E-state index contributed by atoms with van der Waals surface area (Å²) >= 11 is 0. The summed E-state index contributed by atoms with van der Waals surface area (Å²) < 4.78 is 25.2. The van der Waals surface area contributed by atoms with Crippen molar-refractivity contribution in [1.82, 2.24) is 5.32 Å². The maximum Gasteiger partial charge on any atom is 0.159 e. The maximum atomic E-state index is 12.7. The zero-order valence-corrected chi connectivity index (χ0v) is 6.48. The molecule has 1 aliphatic rings. The molecule has 1 aromatic rings. The van der Waals surface area contributed by atoms with E-state index in [0.29, 0.717) is 0 Å². The van der Waals surface area contributed by atoms with E-state index in [1.54, 1.807) is 6.07 Å². The summed E-state index contributed by atoms with van der Waals surface area (Å²) in [6, 6.07) is 4.27. The van der Waals surface area contributed by atoms with Crippen molar-refractivity contribution in [2.45, 2.75) is 12.5 Å². The molecule has 2 rings (SSSR count). The number of rotatable bonds is 1. The monoisotopic (exact) mass is 169 g/mol. The van der Waals surface area contributed by atoms with E-state index in [4.69, 9.17) is 0 Å². The van der Waals surface area contributed by atoms with E-state index in [1.165, 1.54) is 12.1 Å². The Bertz CT molecular complexity index is 295. The molecule has 0 radical (unpaired) electrons. The van der Waals surface area contributed by atoms with Crippen LogP contribution >= 0.6 is 0 Å². The van der Waals surface area contributed by atoms with Gasteiger partial charge in [-0.25, -0.2) is 8.78 Å². The van der Waals surface area contributed by atoms with Crippen molar-refractivity contribution in [3.63, 3.8) is 0 Å². The van der Waals surface area contributed by atoms with E-state index < -0.39 is 11.6 Å².